The number of nitrogens with one attached hydrogen (secondary N) is 2. The highest BCUT2D eigenvalue weighted by Gasteiger charge is 2.42. The average molecular weight is 583 g/mol. The molecule has 0 saturated carbocycles. The maximum Gasteiger partial charge on any atom is 0.229 e. The summed E-state index contributed by atoms with van der Waals surface area (Å²) in [4.78, 5) is 9.30. The number of hydrogen-bond acceptors (Lipinski definition) is 6. The Morgan fingerprint density at radius 3 is 2.55 bits per heavy atom. The molecule has 40 heavy (non-hydrogen) atoms. The lowest BCUT2D eigenvalue weighted by Crippen LogP contribution is -2.37. The van der Waals surface area contributed by atoms with Gasteiger partial charge in [0, 0.05) is 49.5 Å². The smallest absolute Gasteiger partial charge is 0.229 e. The molecule has 11 heteroatoms. The number of benzene rings is 1. The fraction of sp³-hybridized carbons (Fsp3) is 0.448. The van der Waals surface area contributed by atoms with Crippen molar-refractivity contribution in [2.45, 2.75) is 45.8 Å². The first-order chi connectivity index (χ1) is 19.1. The summed E-state index contributed by atoms with van der Waals surface area (Å²) in [5, 5.41) is 4.15. The molecule has 1 aromatic carbocycles. The SMILES string of the molecule is Cc1cc(N2C(=S)N[C@H](c3ccccn3)[C@H]2c2cc(C)n(CCCN3CCOCC3)c2C)ccc1NS(C)(=O)=O. The molecule has 0 amide bonds. The van der Waals surface area contributed by atoms with Crippen molar-refractivity contribution in [3.05, 3.63) is 76.9 Å². The van der Waals surface area contributed by atoms with E-state index >= 15 is 0 Å². The average Bonchev–Trinajstić information content (AvgIpc) is 3.41. The molecule has 4 heterocycles. The van der Waals surface area contributed by atoms with Crippen molar-refractivity contribution in [2.24, 2.45) is 0 Å². The van der Waals surface area contributed by atoms with E-state index in [1.807, 2.05) is 43.5 Å². The third kappa shape index (κ3) is 6.17. The number of ether oxygens (including phenoxy) is 1. The molecule has 0 radical (unpaired) electrons. The highest BCUT2D eigenvalue weighted by molar-refractivity contribution is 7.92. The Kier molecular flexibility index (Phi) is 8.46. The van der Waals surface area contributed by atoms with Crippen LogP contribution in [0.3, 0.4) is 0 Å². The first-order valence-corrected chi connectivity index (χ1v) is 16.0. The highest BCUT2D eigenvalue weighted by Crippen LogP contribution is 2.44. The van der Waals surface area contributed by atoms with Gasteiger partial charge < -0.3 is 19.5 Å². The van der Waals surface area contributed by atoms with Crippen LogP contribution in [0.1, 0.15) is 46.7 Å². The van der Waals surface area contributed by atoms with Crippen LogP contribution in [0.25, 0.3) is 0 Å². The molecule has 2 aliphatic heterocycles. The molecule has 2 N–H and O–H groups in total. The molecule has 0 bridgehead atoms. The summed E-state index contributed by atoms with van der Waals surface area (Å²) in [6, 6.07) is 13.6. The molecule has 2 aromatic heterocycles. The van der Waals surface area contributed by atoms with Gasteiger partial charge in [0.2, 0.25) is 10.0 Å². The minimum atomic E-state index is -3.39. The maximum absolute atomic E-state index is 11.8. The zero-order valence-corrected chi connectivity index (χ0v) is 25.2. The molecule has 3 aromatic rings. The van der Waals surface area contributed by atoms with Gasteiger partial charge >= 0.3 is 0 Å². The van der Waals surface area contributed by atoms with E-state index in [9.17, 15) is 8.42 Å². The van der Waals surface area contributed by atoms with Crippen molar-refractivity contribution in [1.29, 1.82) is 0 Å². The second-order valence-corrected chi connectivity index (χ2v) is 12.8. The first kappa shape index (κ1) is 28.5. The van der Waals surface area contributed by atoms with Crippen LogP contribution in [0.2, 0.25) is 0 Å². The van der Waals surface area contributed by atoms with Crippen LogP contribution < -0.4 is 14.9 Å². The highest BCUT2D eigenvalue weighted by atomic mass is 32.2. The van der Waals surface area contributed by atoms with Gasteiger partial charge in [0.1, 0.15) is 0 Å². The fourth-order valence-corrected chi connectivity index (χ4v) is 6.78. The van der Waals surface area contributed by atoms with Crippen LogP contribution in [0.15, 0.2) is 48.7 Å². The quantitative estimate of drug-likeness (QED) is 0.365. The van der Waals surface area contributed by atoms with Crippen LogP contribution in [0.4, 0.5) is 11.4 Å². The van der Waals surface area contributed by atoms with Crippen LogP contribution in [-0.4, -0.2) is 67.1 Å². The lowest BCUT2D eigenvalue weighted by Gasteiger charge is -2.29. The Morgan fingerprint density at radius 1 is 1.10 bits per heavy atom. The van der Waals surface area contributed by atoms with Gasteiger partial charge in [-0.25, -0.2) is 8.42 Å². The van der Waals surface area contributed by atoms with E-state index in [4.69, 9.17) is 17.0 Å². The third-order valence-corrected chi connectivity index (χ3v) is 8.68. The summed E-state index contributed by atoms with van der Waals surface area (Å²) in [6.07, 6.45) is 4.03. The topological polar surface area (TPSA) is 91.7 Å². The number of aryl methyl sites for hydroxylation is 2. The minimum Gasteiger partial charge on any atom is -0.379 e. The standard InChI is InChI=1S/C29H38N6O3S2/c1-20-18-23(9-10-25(20)32-40(4,36)37)35-28(27(31-29(35)39)26-8-5-6-11-30-26)24-19-21(2)34(22(24)3)13-7-12-33-14-16-38-17-15-33/h5-6,8-11,18-19,27-28,32H,7,12-17H2,1-4H3,(H,31,39)/t27-,28-/m1/s1. The number of pyridine rings is 1. The Morgan fingerprint density at radius 2 is 1.88 bits per heavy atom. The molecule has 0 unspecified atom stereocenters. The monoisotopic (exact) mass is 582 g/mol. The molecule has 5 rings (SSSR count). The van der Waals surface area contributed by atoms with Crippen molar-refractivity contribution < 1.29 is 13.2 Å². The van der Waals surface area contributed by atoms with Crippen LogP contribution in [0.5, 0.6) is 0 Å². The molecule has 2 aliphatic rings. The Bertz CT molecular complexity index is 1470. The number of anilines is 2. The van der Waals surface area contributed by atoms with Gasteiger partial charge in [-0.15, -0.1) is 0 Å². The number of rotatable bonds is 9. The van der Waals surface area contributed by atoms with E-state index in [1.165, 1.54) is 17.0 Å². The van der Waals surface area contributed by atoms with E-state index in [0.717, 1.165) is 69.0 Å². The van der Waals surface area contributed by atoms with E-state index in [2.05, 4.69) is 49.3 Å². The van der Waals surface area contributed by atoms with Gasteiger partial charge in [-0.1, -0.05) is 6.07 Å². The van der Waals surface area contributed by atoms with Gasteiger partial charge in [-0.05, 0) is 86.9 Å². The van der Waals surface area contributed by atoms with Crippen LogP contribution in [-0.2, 0) is 21.3 Å². The first-order valence-electron chi connectivity index (χ1n) is 13.7. The number of nitrogens with zero attached hydrogens (tertiary/aromatic N) is 4. The molecule has 2 atom stereocenters. The predicted molar refractivity (Wildman–Crippen MR) is 163 cm³/mol. The van der Waals surface area contributed by atoms with Crippen molar-refractivity contribution in [1.82, 2.24) is 19.8 Å². The van der Waals surface area contributed by atoms with E-state index in [1.54, 1.807) is 6.07 Å². The Labute approximate surface area is 242 Å². The molecular formula is C29H38N6O3S2. The second kappa shape index (κ2) is 11.9. The molecule has 2 saturated heterocycles. The predicted octanol–water partition coefficient (Wildman–Crippen LogP) is 4.08. The van der Waals surface area contributed by atoms with Crippen molar-refractivity contribution in [3.63, 3.8) is 0 Å². The van der Waals surface area contributed by atoms with Crippen molar-refractivity contribution >= 4 is 38.7 Å². The fourth-order valence-electron chi connectivity index (χ4n) is 5.81. The third-order valence-electron chi connectivity index (χ3n) is 7.77. The largest absolute Gasteiger partial charge is 0.379 e. The molecule has 214 valence electrons. The lowest BCUT2D eigenvalue weighted by atomic mass is 9.96. The number of sulfonamides is 1. The Balaban J connectivity index is 1.48. The summed E-state index contributed by atoms with van der Waals surface area (Å²) >= 11 is 5.92. The zero-order valence-electron chi connectivity index (χ0n) is 23.6. The van der Waals surface area contributed by atoms with Gasteiger partial charge in [-0.2, -0.15) is 0 Å². The Hall–Kier alpha value is -2.99. The van der Waals surface area contributed by atoms with Crippen molar-refractivity contribution in [3.8, 4) is 0 Å². The van der Waals surface area contributed by atoms with E-state index in [0.29, 0.717) is 10.8 Å². The maximum atomic E-state index is 11.8. The molecule has 9 nitrogen and oxygen atoms in total. The number of thiocarbonyl (C=S) groups is 1. The number of hydrogen-bond donors (Lipinski definition) is 2. The lowest BCUT2D eigenvalue weighted by molar-refractivity contribution is 0.0369. The molecule has 0 aliphatic carbocycles. The normalized spacial score (nSPS) is 20.1. The minimum absolute atomic E-state index is 0.130. The van der Waals surface area contributed by atoms with Gasteiger partial charge in [0.15, 0.2) is 5.11 Å². The molecule has 0 spiro atoms. The van der Waals surface area contributed by atoms with Crippen LogP contribution in [0, 0.1) is 20.8 Å². The van der Waals surface area contributed by atoms with Crippen molar-refractivity contribution in [2.75, 3.05) is 48.7 Å². The zero-order chi connectivity index (χ0) is 28.4. The summed E-state index contributed by atoms with van der Waals surface area (Å²) in [7, 11) is -3.39. The molecule has 2 fully saturated rings. The summed E-state index contributed by atoms with van der Waals surface area (Å²) < 4.78 is 34.2. The van der Waals surface area contributed by atoms with Gasteiger partial charge in [-0.3, -0.25) is 14.6 Å². The van der Waals surface area contributed by atoms with Gasteiger partial charge in [0.25, 0.3) is 0 Å². The van der Waals surface area contributed by atoms with E-state index < -0.39 is 10.0 Å². The summed E-state index contributed by atoms with van der Waals surface area (Å²) in [6.45, 7) is 11.9. The summed E-state index contributed by atoms with van der Waals surface area (Å²) in [5.41, 5.74) is 6.82. The second-order valence-electron chi connectivity index (χ2n) is 10.7. The number of morpholine rings is 1. The number of aromatic nitrogens is 2. The molecular weight excluding hydrogens is 544 g/mol. The van der Waals surface area contributed by atoms with Gasteiger partial charge in [0.05, 0.1) is 42.9 Å². The summed E-state index contributed by atoms with van der Waals surface area (Å²) in [5.74, 6) is 0. The van der Waals surface area contributed by atoms with Crippen LogP contribution >= 0.6 is 12.2 Å². The van der Waals surface area contributed by atoms with E-state index in [-0.39, 0.29) is 12.1 Å².